The molecule has 3 nitrogen and oxygen atoms in total. The molecule has 0 bridgehead atoms. The molecule has 0 amide bonds. The van der Waals surface area contributed by atoms with Crippen LogP contribution in [0.25, 0.3) is 10.8 Å². The minimum atomic E-state index is -0.301. The summed E-state index contributed by atoms with van der Waals surface area (Å²) < 4.78 is 0. The van der Waals surface area contributed by atoms with Gasteiger partial charge in [-0.15, -0.1) is 0 Å². The topological polar surface area (TPSA) is 52.5 Å². The number of aromatic hydroxyl groups is 1. The van der Waals surface area contributed by atoms with Gasteiger partial charge in [-0.1, -0.05) is 36.4 Å². The van der Waals surface area contributed by atoms with Crippen molar-refractivity contribution in [1.29, 1.82) is 0 Å². The van der Waals surface area contributed by atoms with Crippen LogP contribution in [0.1, 0.15) is 31.9 Å². The van der Waals surface area contributed by atoms with E-state index in [0.29, 0.717) is 12.2 Å². The summed E-state index contributed by atoms with van der Waals surface area (Å²) in [7, 11) is 0. The SMILES string of the molecule is CC(O)CCNC(C)c1ccc2ccccc2c1O. The van der Waals surface area contributed by atoms with Gasteiger partial charge < -0.3 is 15.5 Å². The minimum Gasteiger partial charge on any atom is -0.507 e. The first-order valence-electron chi connectivity index (χ1n) is 6.71. The summed E-state index contributed by atoms with van der Waals surface area (Å²) in [6.07, 6.45) is 0.406. The zero-order valence-electron chi connectivity index (χ0n) is 11.4. The predicted octanol–water partition coefficient (Wildman–Crippen LogP) is 2.97. The number of nitrogens with one attached hydrogen (secondary N) is 1. The Labute approximate surface area is 113 Å². The monoisotopic (exact) mass is 259 g/mol. The van der Waals surface area contributed by atoms with Crippen LogP contribution in [-0.2, 0) is 0 Å². The largest absolute Gasteiger partial charge is 0.507 e. The third-order valence-corrected chi connectivity index (χ3v) is 3.41. The van der Waals surface area contributed by atoms with Gasteiger partial charge >= 0.3 is 0 Å². The molecular weight excluding hydrogens is 238 g/mol. The van der Waals surface area contributed by atoms with E-state index in [-0.39, 0.29) is 12.1 Å². The van der Waals surface area contributed by atoms with Crippen LogP contribution >= 0.6 is 0 Å². The van der Waals surface area contributed by atoms with Crippen molar-refractivity contribution in [3.8, 4) is 5.75 Å². The van der Waals surface area contributed by atoms with Crippen LogP contribution in [0.2, 0.25) is 0 Å². The molecule has 0 aromatic heterocycles. The number of aliphatic hydroxyl groups is 1. The highest BCUT2D eigenvalue weighted by Crippen LogP contribution is 2.32. The molecule has 0 fully saturated rings. The molecule has 102 valence electrons. The van der Waals surface area contributed by atoms with Crippen molar-refractivity contribution in [1.82, 2.24) is 5.32 Å². The lowest BCUT2D eigenvalue weighted by Gasteiger charge is -2.17. The fraction of sp³-hybridized carbons (Fsp3) is 0.375. The summed E-state index contributed by atoms with van der Waals surface area (Å²) in [6.45, 7) is 4.52. The van der Waals surface area contributed by atoms with E-state index < -0.39 is 0 Å². The van der Waals surface area contributed by atoms with Gasteiger partial charge in [0.05, 0.1) is 6.10 Å². The fourth-order valence-corrected chi connectivity index (χ4v) is 2.24. The van der Waals surface area contributed by atoms with E-state index in [2.05, 4.69) is 5.32 Å². The van der Waals surface area contributed by atoms with Gasteiger partial charge in [0.25, 0.3) is 0 Å². The van der Waals surface area contributed by atoms with Gasteiger partial charge in [0.15, 0.2) is 0 Å². The zero-order chi connectivity index (χ0) is 13.8. The summed E-state index contributed by atoms with van der Waals surface area (Å²) in [4.78, 5) is 0. The molecule has 0 aliphatic carbocycles. The van der Waals surface area contributed by atoms with Crippen LogP contribution in [0.4, 0.5) is 0 Å². The number of benzene rings is 2. The van der Waals surface area contributed by atoms with E-state index >= 15 is 0 Å². The summed E-state index contributed by atoms with van der Waals surface area (Å²) in [5.41, 5.74) is 0.893. The highest BCUT2D eigenvalue weighted by Gasteiger charge is 2.12. The molecule has 0 radical (unpaired) electrons. The zero-order valence-corrected chi connectivity index (χ0v) is 11.4. The molecule has 2 atom stereocenters. The van der Waals surface area contributed by atoms with Gasteiger partial charge in [-0.25, -0.2) is 0 Å². The Morgan fingerprint density at radius 1 is 1.11 bits per heavy atom. The maximum Gasteiger partial charge on any atom is 0.128 e. The van der Waals surface area contributed by atoms with Crippen molar-refractivity contribution < 1.29 is 10.2 Å². The molecule has 0 saturated heterocycles. The van der Waals surface area contributed by atoms with Gasteiger partial charge in [0.2, 0.25) is 0 Å². The van der Waals surface area contributed by atoms with E-state index in [4.69, 9.17) is 0 Å². The molecule has 19 heavy (non-hydrogen) atoms. The number of rotatable bonds is 5. The Bertz CT molecular complexity index is 551. The number of hydrogen-bond donors (Lipinski definition) is 3. The third kappa shape index (κ3) is 3.25. The predicted molar refractivity (Wildman–Crippen MR) is 78.3 cm³/mol. The number of hydrogen-bond acceptors (Lipinski definition) is 3. The second kappa shape index (κ2) is 6.04. The van der Waals surface area contributed by atoms with E-state index in [9.17, 15) is 10.2 Å². The molecule has 0 aliphatic heterocycles. The molecule has 2 aromatic carbocycles. The standard InChI is InChI=1S/C16H21NO2/c1-11(18)9-10-17-12(2)14-8-7-13-5-3-4-6-15(13)16(14)19/h3-8,11-12,17-19H,9-10H2,1-2H3. The Morgan fingerprint density at radius 3 is 2.58 bits per heavy atom. The first-order chi connectivity index (χ1) is 9.09. The van der Waals surface area contributed by atoms with Crippen molar-refractivity contribution in [3.63, 3.8) is 0 Å². The number of phenolic OH excluding ortho intramolecular Hbond substituents is 1. The first kappa shape index (κ1) is 13.8. The number of aliphatic hydroxyl groups excluding tert-OH is 1. The second-order valence-electron chi connectivity index (χ2n) is 5.04. The molecule has 0 saturated carbocycles. The smallest absolute Gasteiger partial charge is 0.128 e. The van der Waals surface area contributed by atoms with Crippen LogP contribution in [0.5, 0.6) is 5.75 Å². The maximum atomic E-state index is 10.3. The summed E-state index contributed by atoms with van der Waals surface area (Å²) in [5, 5.41) is 24.8. The van der Waals surface area contributed by atoms with Gasteiger partial charge in [-0.2, -0.15) is 0 Å². The molecular formula is C16H21NO2. The maximum absolute atomic E-state index is 10.3. The molecule has 0 spiro atoms. The van der Waals surface area contributed by atoms with E-state index in [0.717, 1.165) is 22.9 Å². The highest BCUT2D eigenvalue weighted by molar-refractivity contribution is 5.89. The van der Waals surface area contributed by atoms with Crippen LogP contribution in [0, 0.1) is 0 Å². The van der Waals surface area contributed by atoms with Gasteiger partial charge in [0, 0.05) is 17.0 Å². The average molecular weight is 259 g/mol. The van der Waals surface area contributed by atoms with Crippen molar-refractivity contribution in [2.45, 2.75) is 32.4 Å². The van der Waals surface area contributed by atoms with E-state index in [1.165, 1.54) is 0 Å². The van der Waals surface area contributed by atoms with Crippen LogP contribution in [0.3, 0.4) is 0 Å². The Morgan fingerprint density at radius 2 is 1.84 bits per heavy atom. The third-order valence-electron chi connectivity index (χ3n) is 3.41. The summed E-state index contributed by atoms with van der Waals surface area (Å²) in [5.74, 6) is 0.343. The van der Waals surface area contributed by atoms with E-state index in [1.807, 2.05) is 43.3 Å². The van der Waals surface area contributed by atoms with Crippen LogP contribution < -0.4 is 5.32 Å². The fourth-order valence-electron chi connectivity index (χ4n) is 2.24. The highest BCUT2D eigenvalue weighted by atomic mass is 16.3. The van der Waals surface area contributed by atoms with E-state index in [1.54, 1.807) is 6.92 Å². The van der Waals surface area contributed by atoms with Crippen molar-refractivity contribution in [2.75, 3.05) is 6.54 Å². The molecule has 3 heteroatoms. The molecule has 2 unspecified atom stereocenters. The van der Waals surface area contributed by atoms with Gasteiger partial charge in [0.1, 0.15) is 5.75 Å². The number of fused-ring (bicyclic) bond motifs is 1. The van der Waals surface area contributed by atoms with Crippen LogP contribution in [-0.4, -0.2) is 22.9 Å². The summed E-state index contributed by atoms with van der Waals surface area (Å²) in [6, 6.07) is 11.8. The Hall–Kier alpha value is -1.58. The van der Waals surface area contributed by atoms with Crippen molar-refractivity contribution in [2.24, 2.45) is 0 Å². The summed E-state index contributed by atoms with van der Waals surface area (Å²) >= 11 is 0. The van der Waals surface area contributed by atoms with Crippen molar-refractivity contribution >= 4 is 10.8 Å². The lowest BCUT2D eigenvalue weighted by Crippen LogP contribution is -2.22. The molecule has 0 aliphatic rings. The Balaban J connectivity index is 2.18. The quantitative estimate of drug-likeness (QED) is 0.773. The lowest BCUT2D eigenvalue weighted by molar-refractivity contribution is 0.182. The molecule has 0 heterocycles. The molecule has 2 aromatic rings. The average Bonchev–Trinajstić information content (AvgIpc) is 2.39. The van der Waals surface area contributed by atoms with Gasteiger partial charge in [-0.3, -0.25) is 0 Å². The second-order valence-corrected chi connectivity index (χ2v) is 5.04. The van der Waals surface area contributed by atoms with Crippen LogP contribution in [0.15, 0.2) is 36.4 Å². The number of phenols is 1. The Kier molecular flexibility index (Phi) is 4.40. The minimum absolute atomic E-state index is 0.0587. The first-order valence-corrected chi connectivity index (χ1v) is 6.71. The van der Waals surface area contributed by atoms with Crippen molar-refractivity contribution in [3.05, 3.63) is 42.0 Å². The van der Waals surface area contributed by atoms with Gasteiger partial charge in [-0.05, 0) is 32.2 Å². The normalized spacial score (nSPS) is 14.5. The lowest BCUT2D eigenvalue weighted by atomic mass is 10.0. The molecule has 3 N–H and O–H groups in total. The molecule has 2 rings (SSSR count).